The molecule has 4 nitrogen and oxygen atoms in total. The van der Waals surface area contributed by atoms with Gasteiger partial charge in [0.15, 0.2) is 0 Å². The van der Waals surface area contributed by atoms with Crippen LogP contribution >= 0.6 is 0 Å². The minimum atomic E-state index is -0.933. The van der Waals surface area contributed by atoms with Gasteiger partial charge in [0.2, 0.25) is 0 Å². The highest BCUT2D eigenvalue weighted by atomic mass is 16.4. The Morgan fingerprint density at radius 1 is 1.11 bits per heavy atom. The highest BCUT2D eigenvalue weighted by Crippen LogP contribution is 2.06. The molecule has 0 aromatic heterocycles. The largest absolute Gasteiger partial charge is 0.480 e. The molecular formula is C14H26N2O2. The highest BCUT2D eigenvalue weighted by Gasteiger charge is 2.09. The zero-order valence-corrected chi connectivity index (χ0v) is 11.2. The van der Waals surface area contributed by atoms with E-state index in [0.29, 0.717) is 13.0 Å². The van der Waals surface area contributed by atoms with E-state index in [0.717, 1.165) is 25.7 Å². The smallest absolute Gasteiger partial charge is 0.320 e. The predicted molar refractivity (Wildman–Crippen MR) is 74.0 cm³/mol. The molecule has 104 valence electrons. The number of carboxylic acids is 1. The van der Waals surface area contributed by atoms with Gasteiger partial charge in [-0.15, -0.1) is 11.8 Å². The maximum absolute atomic E-state index is 10.1. The van der Waals surface area contributed by atoms with Gasteiger partial charge in [0.1, 0.15) is 6.04 Å². The van der Waals surface area contributed by atoms with Crippen LogP contribution in [-0.4, -0.2) is 23.7 Å². The Hall–Kier alpha value is -1.05. The van der Waals surface area contributed by atoms with Crippen LogP contribution in [0.2, 0.25) is 0 Å². The van der Waals surface area contributed by atoms with Crippen molar-refractivity contribution in [3.05, 3.63) is 0 Å². The molecule has 1 aliphatic carbocycles. The maximum atomic E-state index is 10.1. The van der Waals surface area contributed by atoms with E-state index in [1.807, 2.05) is 0 Å². The third-order valence-electron chi connectivity index (χ3n) is 2.77. The second-order valence-corrected chi connectivity index (χ2v) is 4.50. The minimum absolute atomic E-state index is 0.520. The first-order chi connectivity index (χ1) is 8.68. The van der Waals surface area contributed by atoms with E-state index in [-0.39, 0.29) is 0 Å². The molecule has 0 aromatic rings. The zero-order valence-electron chi connectivity index (χ0n) is 11.2. The molecule has 0 radical (unpaired) electrons. The number of hydrogen-bond donors (Lipinski definition) is 3. The van der Waals surface area contributed by atoms with Gasteiger partial charge in [-0.2, -0.15) is 0 Å². The Bertz CT molecular complexity index is 257. The summed E-state index contributed by atoms with van der Waals surface area (Å²) in [4.78, 5) is 10.1. The summed E-state index contributed by atoms with van der Waals surface area (Å²) in [6.45, 7) is 0.604. The Balaban J connectivity index is 0.000000327. The van der Waals surface area contributed by atoms with Crippen molar-refractivity contribution in [1.29, 1.82) is 0 Å². The van der Waals surface area contributed by atoms with Gasteiger partial charge < -0.3 is 16.6 Å². The van der Waals surface area contributed by atoms with E-state index in [1.54, 1.807) is 0 Å². The highest BCUT2D eigenvalue weighted by molar-refractivity contribution is 5.72. The molecule has 0 amide bonds. The van der Waals surface area contributed by atoms with Crippen molar-refractivity contribution in [2.75, 3.05) is 6.54 Å². The van der Waals surface area contributed by atoms with Gasteiger partial charge in [0.05, 0.1) is 0 Å². The number of carboxylic acid groups (broad SMARTS) is 1. The molecule has 1 unspecified atom stereocenters. The van der Waals surface area contributed by atoms with Crippen molar-refractivity contribution in [3.63, 3.8) is 0 Å². The lowest BCUT2D eigenvalue weighted by Crippen LogP contribution is -2.29. The summed E-state index contributed by atoms with van der Waals surface area (Å²) < 4.78 is 0. The third-order valence-corrected chi connectivity index (χ3v) is 2.77. The monoisotopic (exact) mass is 254 g/mol. The molecule has 1 atom stereocenters. The number of hydrogen-bond acceptors (Lipinski definition) is 3. The van der Waals surface area contributed by atoms with Crippen molar-refractivity contribution >= 4 is 5.97 Å². The number of rotatable bonds is 5. The summed E-state index contributed by atoms with van der Waals surface area (Å²) in [6, 6.07) is -0.716. The van der Waals surface area contributed by atoms with Crippen LogP contribution in [0.4, 0.5) is 0 Å². The van der Waals surface area contributed by atoms with Crippen LogP contribution in [0.15, 0.2) is 0 Å². The van der Waals surface area contributed by atoms with Crippen LogP contribution in [-0.2, 0) is 4.79 Å². The lowest BCUT2D eigenvalue weighted by atomic mass is 10.1. The fourth-order valence-corrected chi connectivity index (χ4v) is 1.59. The molecule has 1 rings (SSSR count). The SMILES string of the molecule is C1#CCCCCCC1.NCCCCC(N)C(=O)O. The van der Waals surface area contributed by atoms with Crippen molar-refractivity contribution in [1.82, 2.24) is 0 Å². The van der Waals surface area contributed by atoms with Crippen LogP contribution in [0.1, 0.15) is 57.8 Å². The lowest BCUT2D eigenvalue weighted by Gasteiger charge is -2.03. The summed E-state index contributed by atoms with van der Waals surface area (Å²) in [5.41, 5.74) is 10.4. The first-order valence-corrected chi connectivity index (χ1v) is 6.82. The molecule has 0 spiro atoms. The van der Waals surface area contributed by atoms with Crippen LogP contribution < -0.4 is 11.5 Å². The van der Waals surface area contributed by atoms with Crippen molar-refractivity contribution < 1.29 is 9.90 Å². The predicted octanol–water partition coefficient (Wildman–Crippen LogP) is 1.87. The average Bonchev–Trinajstić information content (AvgIpc) is 2.29. The van der Waals surface area contributed by atoms with E-state index < -0.39 is 12.0 Å². The van der Waals surface area contributed by atoms with Gasteiger partial charge in [-0.1, -0.05) is 19.3 Å². The number of nitrogens with two attached hydrogens (primary N) is 2. The molecule has 1 aliphatic rings. The van der Waals surface area contributed by atoms with Gasteiger partial charge in [-0.05, 0) is 32.2 Å². The van der Waals surface area contributed by atoms with Gasteiger partial charge >= 0.3 is 5.97 Å². The molecule has 0 heterocycles. The van der Waals surface area contributed by atoms with Crippen LogP contribution in [0, 0.1) is 11.8 Å². The average molecular weight is 254 g/mol. The van der Waals surface area contributed by atoms with Crippen LogP contribution in [0.25, 0.3) is 0 Å². The van der Waals surface area contributed by atoms with E-state index in [2.05, 4.69) is 11.8 Å². The van der Waals surface area contributed by atoms with Crippen LogP contribution in [0.3, 0.4) is 0 Å². The van der Waals surface area contributed by atoms with Crippen molar-refractivity contribution in [2.24, 2.45) is 11.5 Å². The first kappa shape index (κ1) is 16.9. The minimum Gasteiger partial charge on any atom is -0.480 e. The summed E-state index contributed by atoms with van der Waals surface area (Å²) in [5.74, 6) is 5.34. The van der Waals surface area contributed by atoms with Gasteiger partial charge in [0.25, 0.3) is 0 Å². The summed E-state index contributed by atoms with van der Waals surface area (Å²) in [5, 5.41) is 8.33. The topological polar surface area (TPSA) is 89.3 Å². The fraction of sp³-hybridized carbons (Fsp3) is 0.786. The summed E-state index contributed by atoms with van der Waals surface area (Å²) in [6.07, 6.45) is 9.89. The van der Waals surface area contributed by atoms with Crippen molar-refractivity contribution in [3.8, 4) is 11.8 Å². The summed E-state index contributed by atoms with van der Waals surface area (Å²) >= 11 is 0. The maximum Gasteiger partial charge on any atom is 0.320 e. The van der Waals surface area contributed by atoms with Crippen molar-refractivity contribution in [2.45, 2.75) is 63.8 Å². The zero-order chi connectivity index (χ0) is 13.6. The Kier molecular flexibility index (Phi) is 11.7. The van der Waals surface area contributed by atoms with E-state index >= 15 is 0 Å². The third kappa shape index (κ3) is 11.4. The Labute approximate surface area is 110 Å². The number of carbonyl (C=O) groups is 1. The van der Waals surface area contributed by atoms with Gasteiger partial charge in [0, 0.05) is 12.8 Å². The standard InChI is InChI=1S/C8H12.C6H14N2O2/c1-2-4-6-8-7-5-3-1;7-4-2-1-3-5(8)6(9)10/h1-6H2;5H,1-4,7-8H2,(H,9,10). The molecule has 5 N–H and O–H groups in total. The molecule has 0 saturated carbocycles. The Morgan fingerprint density at radius 3 is 2.11 bits per heavy atom. The van der Waals surface area contributed by atoms with Gasteiger partial charge in [-0.3, -0.25) is 4.79 Å². The Morgan fingerprint density at radius 2 is 1.67 bits per heavy atom. The molecule has 18 heavy (non-hydrogen) atoms. The van der Waals surface area contributed by atoms with Gasteiger partial charge in [-0.25, -0.2) is 0 Å². The quantitative estimate of drug-likeness (QED) is 0.516. The van der Waals surface area contributed by atoms with Crippen LogP contribution in [0.5, 0.6) is 0 Å². The molecule has 0 aromatic carbocycles. The molecule has 0 aliphatic heterocycles. The molecular weight excluding hydrogens is 228 g/mol. The first-order valence-electron chi connectivity index (χ1n) is 6.82. The molecule has 0 bridgehead atoms. The van der Waals surface area contributed by atoms with E-state index in [1.165, 1.54) is 25.7 Å². The fourth-order valence-electron chi connectivity index (χ4n) is 1.59. The number of unbranched alkanes of at least 4 members (excludes halogenated alkanes) is 1. The number of aliphatic carboxylic acids is 1. The summed E-state index contributed by atoms with van der Waals surface area (Å²) in [7, 11) is 0. The second kappa shape index (κ2) is 12.4. The molecule has 0 fully saturated rings. The second-order valence-electron chi connectivity index (χ2n) is 4.50. The van der Waals surface area contributed by atoms with E-state index in [9.17, 15) is 4.79 Å². The lowest BCUT2D eigenvalue weighted by molar-refractivity contribution is -0.138. The molecule has 4 heteroatoms. The molecule has 0 saturated heterocycles. The van der Waals surface area contributed by atoms with E-state index in [4.69, 9.17) is 16.6 Å². The normalized spacial score (nSPS) is 16.1.